The van der Waals surface area contributed by atoms with Gasteiger partial charge in [0.1, 0.15) is 0 Å². The smallest absolute Gasteiger partial charge is 0.225 e. The molecule has 5 nitrogen and oxygen atoms in total. The Morgan fingerprint density at radius 3 is 2.76 bits per heavy atom. The van der Waals surface area contributed by atoms with Crippen molar-refractivity contribution in [2.24, 2.45) is 0 Å². The van der Waals surface area contributed by atoms with E-state index in [0.717, 1.165) is 25.2 Å². The van der Waals surface area contributed by atoms with Crippen LogP contribution in [0.2, 0.25) is 0 Å². The van der Waals surface area contributed by atoms with Crippen LogP contribution in [0.15, 0.2) is 54.7 Å². The number of hydrogen-bond acceptors (Lipinski definition) is 4. The van der Waals surface area contributed by atoms with Gasteiger partial charge in [-0.1, -0.05) is 36.4 Å². The first-order chi connectivity index (χ1) is 12.3. The first kappa shape index (κ1) is 17.6. The number of amides is 1. The van der Waals surface area contributed by atoms with Gasteiger partial charge in [0.25, 0.3) is 0 Å². The predicted molar refractivity (Wildman–Crippen MR) is 97.0 cm³/mol. The highest BCUT2D eigenvalue weighted by atomic mass is 16.5. The Balaban J connectivity index is 1.63. The Bertz CT molecular complexity index is 643. The van der Waals surface area contributed by atoms with Crippen LogP contribution in [-0.2, 0) is 22.5 Å². The van der Waals surface area contributed by atoms with E-state index in [0.29, 0.717) is 26.1 Å². The van der Waals surface area contributed by atoms with Gasteiger partial charge in [0, 0.05) is 25.8 Å². The molecule has 0 spiro atoms. The zero-order chi connectivity index (χ0) is 17.3. The largest absolute Gasteiger partial charge is 0.375 e. The lowest BCUT2D eigenvalue weighted by Gasteiger charge is -2.27. The third-order valence-electron chi connectivity index (χ3n) is 4.35. The summed E-state index contributed by atoms with van der Waals surface area (Å²) in [5.41, 5.74) is 2.14. The van der Waals surface area contributed by atoms with E-state index < -0.39 is 0 Å². The predicted octanol–water partition coefficient (Wildman–Crippen LogP) is 2.03. The maximum Gasteiger partial charge on any atom is 0.225 e. The fourth-order valence-electron chi connectivity index (χ4n) is 2.96. The van der Waals surface area contributed by atoms with Crippen molar-refractivity contribution >= 4 is 5.91 Å². The summed E-state index contributed by atoms with van der Waals surface area (Å²) in [6.07, 6.45) is 2.98. The van der Waals surface area contributed by atoms with Crippen molar-refractivity contribution in [2.75, 3.05) is 26.2 Å². The number of rotatable bonds is 7. The van der Waals surface area contributed by atoms with Crippen LogP contribution < -0.4 is 5.32 Å². The van der Waals surface area contributed by atoms with Gasteiger partial charge in [-0.3, -0.25) is 9.78 Å². The molecule has 0 bridgehead atoms. The Kier molecular flexibility index (Phi) is 6.54. The second-order valence-electron chi connectivity index (χ2n) is 6.27. The van der Waals surface area contributed by atoms with E-state index in [1.54, 1.807) is 6.20 Å². The van der Waals surface area contributed by atoms with Crippen LogP contribution in [0.3, 0.4) is 0 Å². The standard InChI is InChI=1S/C20H25N3O2/c24-20(14-19-15-21-11-13-25-19)23(16-18-8-4-5-10-22-18)12-9-17-6-2-1-3-7-17/h1-8,10,19,21H,9,11-16H2/t19-/m0/s1. The highest BCUT2D eigenvalue weighted by molar-refractivity contribution is 5.76. The number of nitrogens with one attached hydrogen (secondary N) is 1. The second-order valence-corrected chi connectivity index (χ2v) is 6.27. The molecule has 25 heavy (non-hydrogen) atoms. The molecule has 1 amide bonds. The minimum atomic E-state index is -0.0378. The lowest BCUT2D eigenvalue weighted by Crippen LogP contribution is -2.42. The highest BCUT2D eigenvalue weighted by Gasteiger charge is 2.22. The number of aromatic nitrogens is 1. The van der Waals surface area contributed by atoms with Crippen molar-refractivity contribution in [2.45, 2.75) is 25.5 Å². The zero-order valence-corrected chi connectivity index (χ0v) is 14.4. The van der Waals surface area contributed by atoms with Crippen molar-refractivity contribution < 1.29 is 9.53 Å². The average Bonchev–Trinajstić information content (AvgIpc) is 2.67. The van der Waals surface area contributed by atoms with E-state index in [9.17, 15) is 4.79 Å². The molecule has 0 aliphatic carbocycles. The van der Waals surface area contributed by atoms with Gasteiger partial charge < -0.3 is 15.0 Å². The number of morpholine rings is 1. The summed E-state index contributed by atoms with van der Waals surface area (Å²) < 4.78 is 5.69. The number of carbonyl (C=O) groups is 1. The normalized spacial score (nSPS) is 17.2. The molecule has 1 saturated heterocycles. The maximum absolute atomic E-state index is 12.8. The number of hydrogen-bond donors (Lipinski definition) is 1. The van der Waals surface area contributed by atoms with E-state index in [4.69, 9.17) is 4.74 Å². The minimum Gasteiger partial charge on any atom is -0.375 e. The lowest BCUT2D eigenvalue weighted by molar-refractivity contribution is -0.135. The van der Waals surface area contributed by atoms with Gasteiger partial charge in [0.15, 0.2) is 0 Å². The topological polar surface area (TPSA) is 54.5 Å². The molecule has 0 unspecified atom stereocenters. The van der Waals surface area contributed by atoms with Crippen molar-refractivity contribution in [3.05, 3.63) is 66.0 Å². The number of pyridine rings is 1. The monoisotopic (exact) mass is 339 g/mol. The highest BCUT2D eigenvalue weighted by Crippen LogP contribution is 2.10. The van der Waals surface area contributed by atoms with Crippen LogP contribution in [0.1, 0.15) is 17.7 Å². The molecule has 132 valence electrons. The zero-order valence-electron chi connectivity index (χ0n) is 14.4. The van der Waals surface area contributed by atoms with Crippen molar-refractivity contribution in [3.8, 4) is 0 Å². The fourth-order valence-corrected chi connectivity index (χ4v) is 2.96. The van der Waals surface area contributed by atoms with E-state index in [1.807, 2.05) is 41.3 Å². The first-order valence-corrected chi connectivity index (χ1v) is 8.85. The molecule has 5 heteroatoms. The molecule has 1 N–H and O–H groups in total. The van der Waals surface area contributed by atoms with E-state index >= 15 is 0 Å². The van der Waals surface area contributed by atoms with Crippen LogP contribution in [-0.4, -0.2) is 48.1 Å². The van der Waals surface area contributed by atoms with E-state index in [1.165, 1.54) is 5.56 Å². The molecule has 0 saturated carbocycles. The molecule has 1 aliphatic heterocycles. The SMILES string of the molecule is O=C(C[C@H]1CNCCO1)N(CCc1ccccc1)Cc1ccccn1. The van der Waals surface area contributed by atoms with Crippen LogP contribution in [0, 0.1) is 0 Å². The Hall–Kier alpha value is -2.24. The number of ether oxygens (including phenoxy) is 1. The minimum absolute atomic E-state index is 0.0378. The number of nitrogens with zero attached hydrogens (tertiary/aromatic N) is 2. The Morgan fingerprint density at radius 1 is 1.20 bits per heavy atom. The summed E-state index contributed by atoms with van der Waals surface area (Å²) >= 11 is 0. The molecule has 0 radical (unpaired) electrons. The van der Waals surface area contributed by atoms with Crippen LogP contribution in [0.5, 0.6) is 0 Å². The molecular formula is C20H25N3O2. The third kappa shape index (κ3) is 5.66. The summed E-state index contributed by atoms with van der Waals surface area (Å²) in [6, 6.07) is 16.1. The number of carbonyl (C=O) groups excluding carboxylic acids is 1. The lowest BCUT2D eigenvalue weighted by atomic mass is 10.1. The summed E-state index contributed by atoms with van der Waals surface area (Å²) in [4.78, 5) is 19.1. The fraction of sp³-hybridized carbons (Fsp3) is 0.400. The maximum atomic E-state index is 12.8. The molecular weight excluding hydrogens is 314 g/mol. The van der Waals surface area contributed by atoms with Crippen molar-refractivity contribution in [1.82, 2.24) is 15.2 Å². The van der Waals surface area contributed by atoms with E-state index in [2.05, 4.69) is 22.4 Å². The average molecular weight is 339 g/mol. The molecule has 1 aromatic carbocycles. The van der Waals surface area contributed by atoms with Crippen LogP contribution in [0.4, 0.5) is 0 Å². The Labute approximate surface area is 149 Å². The summed E-state index contributed by atoms with van der Waals surface area (Å²) in [5.74, 6) is 0.121. The molecule has 1 aliphatic rings. The quantitative estimate of drug-likeness (QED) is 0.839. The van der Waals surface area contributed by atoms with Crippen LogP contribution in [0.25, 0.3) is 0 Å². The molecule has 2 aromatic rings. The molecule has 2 heterocycles. The van der Waals surface area contributed by atoms with Crippen molar-refractivity contribution in [3.63, 3.8) is 0 Å². The summed E-state index contributed by atoms with van der Waals surface area (Å²) in [6.45, 7) is 3.48. The van der Waals surface area contributed by atoms with Crippen molar-refractivity contribution in [1.29, 1.82) is 0 Å². The summed E-state index contributed by atoms with van der Waals surface area (Å²) in [5, 5.41) is 3.28. The first-order valence-electron chi connectivity index (χ1n) is 8.85. The van der Waals surface area contributed by atoms with Gasteiger partial charge in [0.05, 0.1) is 31.4 Å². The van der Waals surface area contributed by atoms with Gasteiger partial charge >= 0.3 is 0 Å². The van der Waals surface area contributed by atoms with Gasteiger partial charge in [-0.15, -0.1) is 0 Å². The third-order valence-corrected chi connectivity index (χ3v) is 4.35. The van der Waals surface area contributed by atoms with E-state index in [-0.39, 0.29) is 12.0 Å². The van der Waals surface area contributed by atoms with Gasteiger partial charge in [-0.25, -0.2) is 0 Å². The van der Waals surface area contributed by atoms with Crippen LogP contribution >= 0.6 is 0 Å². The van der Waals surface area contributed by atoms with Gasteiger partial charge in [-0.05, 0) is 24.1 Å². The second kappa shape index (κ2) is 9.30. The molecule has 1 aromatic heterocycles. The molecule has 1 atom stereocenters. The Morgan fingerprint density at radius 2 is 2.04 bits per heavy atom. The number of benzene rings is 1. The van der Waals surface area contributed by atoms with Gasteiger partial charge in [0.2, 0.25) is 5.91 Å². The molecule has 3 rings (SSSR count). The molecule has 1 fully saturated rings. The van der Waals surface area contributed by atoms with Gasteiger partial charge in [-0.2, -0.15) is 0 Å². The summed E-state index contributed by atoms with van der Waals surface area (Å²) in [7, 11) is 0.